The molecule has 158 valence electrons. The standard InChI is InChI=1S/C22H28N2O2S.CH3I/c23-22-12-11-18-10-9-17(15-24-27(25,26)19-7-4-8-19)14-20(18)21(22)13-16-5-2-1-3-6-16;1-2/h1-3,5-6,9-10,14,19,21-22,24H,4,7-8,11-13,15,23H2;1H3. The first-order valence-electron chi connectivity index (χ1n) is 10.3. The number of sulfonamides is 1. The number of rotatable bonds is 6. The average molecular weight is 526 g/mol. The van der Waals surface area contributed by atoms with E-state index in [1.807, 2.05) is 11.0 Å². The van der Waals surface area contributed by atoms with Gasteiger partial charge in [0.1, 0.15) is 0 Å². The van der Waals surface area contributed by atoms with Crippen LogP contribution in [0.5, 0.6) is 0 Å². The quantitative estimate of drug-likeness (QED) is 0.436. The van der Waals surface area contributed by atoms with Crippen LogP contribution in [0.1, 0.15) is 53.9 Å². The molecule has 0 amide bonds. The summed E-state index contributed by atoms with van der Waals surface area (Å²) in [5, 5.41) is -0.200. The Kier molecular flexibility index (Phi) is 8.13. The van der Waals surface area contributed by atoms with Crippen molar-refractivity contribution in [3.8, 4) is 0 Å². The van der Waals surface area contributed by atoms with Crippen molar-refractivity contribution in [3.05, 3.63) is 70.8 Å². The van der Waals surface area contributed by atoms with Gasteiger partial charge in [-0.15, -0.1) is 0 Å². The number of alkyl halides is 1. The highest BCUT2D eigenvalue weighted by Gasteiger charge is 2.31. The third-order valence-electron chi connectivity index (χ3n) is 6.14. The predicted molar refractivity (Wildman–Crippen MR) is 129 cm³/mol. The molecule has 0 bridgehead atoms. The highest BCUT2D eigenvalue weighted by molar-refractivity contribution is 14.1. The van der Waals surface area contributed by atoms with E-state index in [9.17, 15) is 8.42 Å². The molecule has 2 aromatic rings. The molecule has 0 radical (unpaired) electrons. The minimum Gasteiger partial charge on any atom is -0.327 e. The maximum atomic E-state index is 12.3. The first-order valence-corrected chi connectivity index (χ1v) is 14.0. The van der Waals surface area contributed by atoms with Gasteiger partial charge in [0.05, 0.1) is 5.25 Å². The van der Waals surface area contributed by atoms with Crippen LogP contribution in [0.4, 0.5) is 0 Å². The van der Waals surface area contributed by atoms with Crippen LogP contribution in [-0.2, 0) is 29.4 Å². The van der Waals surface area contributed by atoms with Gasteiger partial charge in [-0.2, -0.15) is 0 Å². The van der Waals surface area contributed by atoms with Gasteiger partial charge in [-0.3, -0.25) is 0 Å². The summed E-state index contributed by atoms with van der Waals surface area (Å²) in [4.78, 5) is 1.97. The Morgan fingerprint density at radius 3 is 2.41 bits per heavy atom. The van der Waals surface area contributed by atoms with Crippen molar-refractivity contribution < 1.29 is 8.42 Å². The van der Waals surface area contributed by atoms with Crippen LogP contribution in [0.25, 0.3) is 0 Å². The van der Waals surface area contributed by atoms with Crippen molar-refractivity contribution in [1.82, 2.24) is 4.72 Å². The summed E-state index contributed by atoms with van der Waals surface area (Å²) >= 11 is 2.15. The smallest absolute Gasteiger partial charge is 0.214 e. The molecule has 2 aliphatic rings. The fourth-order valence-electron chi connectivity index (χ4n) is 4.19. The fraction of sp³-hybridized carbons (Fsp3) is 0.478. The maximum Gasteiger partial charge on any atom is 0.214 e. The van der Waals surface area contributed by atoms with Crippen LogP contribution in [0, 0.1) is 0 Å². The molecule has 6 heteroatoms. The minimum atomic E-state index is -3.19. The topological polar surface area (TPSA) is 72.2 Å². The van der Waals surface area contributed by atoms with E-state index in [1.165, 1.54) is 16.7 Å². The van der Waals surface area contributed by atoms with E-state index in [-0.39, 0.29) is 17.2 Å². The Labute approximate surface area is 188 Å². The number of nitrogens with one attached hydrogen (secondary N) is 1. The molecule has 0 spiro atoms. The van der Waals surface area contributed by atoms with Gasteiger partial charge in [0.2, 0.25) is 10.0 Å². The molecule has 2 atom stereocenters. The van der Waals surface area contributed by atoms with Gasteiger partial charge in [-0.1, -0.05) is 77.5 Å². The zero-order valence-electron chi connectivity index (χ0n) is 17.0. The molecule has 1 fully saturated rings. The third kappa shape index (κ3) is 5.60. The predicted octanol–water partition coefficient (Wildman–Crippen LogP) is 4.31. The molecule has 0 heterocycles. The van der Waals surface area contributed by atoms with E-state index >= 15 is 0 Å². The lowest BCUT2D eigenvalue weighted by atomic mass is 9.76. The van der Waals surface area contributed by atoms with Crippen molar-refractivity contribution >= 4 is 32.6 Å². The summed E-state index contributed by atoms with van der Waals surface area (Å²) in [5.41, 5.74) is 11.4. The lowest BCUT2D eigenvalue weighted by Crippen LogP contribution is -2.38. The molecular weight excluding hydrogens is 495 g/mol. The number of halogens is 1. The van der Waals surface area contributed by atoms with Crippen molar-refractivity contribution in [2.75, 3.05) is 4.93 Å². The average Bonchev–Trinajstić information content (AvgIpc) is 2.69. The third-order valence-corrected chi connectivity index (χ3v) is 8.04. The number of fused-ring (bicyclic) bond motifs is 1. The summed E-state index contributed by atoms with van der Waals surface area (Å²) in [6.07, 6.45) is 5.50. The molecule has 1 saturated carbocycles. The first-order chi connectivity index (χ1) is 14.0. The Morgan fingerprint density at radius 2 is 1.76 bits per heavy atom. The fourth-order valence-corrected chi connectivity index (χ4v) is 5.75. The molecule has 3 N–H and O–H groups in total. The second-order valence-electron chi connectivity index (χ2n) is 7.95. The lowest BCUT2D eigenvalue weighted by molar-refractivity contribution is 0.465. The molecular formula is C23H31IN2O2S. The van der Waals surface area contributed by atoms with Gasteiger partial charge in [-0.25, -0.2) is 13.1 Å². The van der Waals surface area contributed by atoms with Gasteiger partial charge in [0, 0.05) is 18.5 Å². The van der Waals surface area contributed by atoms with E-state index in [0.29, 0.717) is 6.54 Å². The Balaban J connectivity index is 0.00000117. The first kappa shape index (κ1) is 22.7. The van der Waals surface area contributed by atoms with Gasteiger partial charge in [-0.05, 0) is 59.3 Å². The second-order valence-corrected chi connectivity index (χ2v) is 10.00. The molecule has 0 aliphatic heterocycles. The molecule has 0 saturated heterocycles. The normalized spacial score (nSPS) is 21.5. The lowest BCUT2D eigenvalue weighted by Gasteiger charge is -2.32. The van der Waals surface area contributed by atoms with E-state index in [4.69, 9.17) is 5.73 Å². The zero-order chi connectivity index (χ0) is 20.9. The Bertz CT molecular complexity index is 898. The highest BCUT2D eigenvalue weighted by Crippen LogP contribution is 2.34. The monoisotopic (exact) mass is 526 g/mol. The van der Waals surface area contributed by atoms with Crippen molar-refractivity contribution in [3.63, 3.8) is 0 Å². The van der Waals surface area contributed by atoms with Crippen LogP contribution in [-0.4, -0.2) is 24.6 Å². The summed E-state index contributed by atoms with van der Waals surface area (Å²) in [6, 6.07) is 17.0. The molecule has 2 aliphatic carbocycles. The summed E-state index contributed by atoms with van der Waals surface area (Å²) in [5.74, 6) is 0.277. The van der Waals surface area contributed by atoms with Gasteiger partial charge >= 0.3 is 0 Å². The minimum absolute atomic E-state index is 0.139. The number of hydrogen-bond donors (Lipinski definition) is 2. The van der Waals surface area contributed by atoms with Crippen molar-refractivity contribution in [2.24, 2.45) is 5.73 Å². The van der Waals surface area contributed by atoms with Crippen LogP contribution in [0.2, 0.25) is 0 Å². The highest BCUT2D eigenvalue weighted by atomic mass is 127. The number of hydrogen-bond acceptors (Lipinski definition) is 3. The van der Waals surface area contributed by atoms with Crippen molar-refractivity contribution in [1.29, 1.82) is 0 Å². The number of benzene rings is 2. The van der Waals surface area contributed by atoms with E-state index < -0.39 is 10.0 Å². The Morgan fingerprint density at radius 1 is 1.03 bits per heavy atom. The molecule has 2 unspecified atom stereocenters. The summed E-state index contributed by atoms with van der Waals surface area (Å²) in [6.45, 7) is 0.361. The summed E-state index contributed by atoms with van der Waals surface area (Å²) < 4.78 is 27.4. The SMILES string of the molecule is CI.NC1CCc2ccc(CNS(=O)(=O)C3CCC3)cc2C1Cc1ccccc1. The molecule has 0 aromatic heterocycles. The summed E-state index contributed by atoms with van der Waals surface area (Å²) in [7, 11) is -3.19. The van der Waals surface area contributed by atoms with Crippen LogP contribution < -0.4 is 10.5 Å². The largest absolute Gasteiger partial charge is 0.327 e. The van der Waals surface area contributed by atoms with Crippen LogP contribution in [0.3, 0.4) is 0 Å². The number of aryl methyl sites for hydroxylation is 1. The van der Waals surface area contributed by atoms with Crippen LogP contribution in [0.15, 0.2) is 48.5 Å². The number of nitrogens with two attached hydrogens (primary N) is 1. The Hall–Kier alpha value is -0.960. The maximum absolute atomic E-state index is 12.3. The molecule has 4 nitrogen and oxygen atoms in total. The van der Waals surface area contributed by atoms with Crippen molar-refractivity contribution in [2.45, 2.75) is 62.3 Å². The van der Waals surface area contributed by atoms with E-state index in [2.05, 4.69) is 69.8 Å². The molecule has 29 heavy (non-hydrogen) atoms. The van der Waals surface area contributed by atoms with Gasteiger partial charge in [0.25, 0.3) is 0 Å². The molecule has 2 aromatic carbocycles. The van der Waals surface area contributed by atoms with Crippen LogP contribution >= 0.6 is 22.6 Å². The molecule has 4 rings (SSSR count). The zero-order valence-corrected chi connectivity index (χ0v) is 20.0. The van der Waals surface area contributed by atoms with E-state index in [1.54, 1.807) is 0 Å². The second kappa shape index (κ2) is 10.4. The van der Waals surface area contributed by atoms with E-state index in [0.717, 1.165) is 44.1 Å². The van der Waals surface area contributed by atoms with Gasteiger partial charge in [0.15, 0.2) is 0 Å². The van der Waals surface area contributed by atoms with Gasteiger partial charge < -0.3 is 5.73 Å².